The Kier molecular flexibility index (Phi) is 6.75. The molecule has 2 aromatic rings. The monoisotopic (exact) mass is 420 g/mol. The number of hydrogen-bond acceptors (Lipinski definition) is 3. The number of primary amides is 1. The van der Waals surface area contributed by atoms with Gasteiger partial charge in [-0.2, -0.15) is 0 Å². The summed E-state index contributed by atoms with van der Waals surface area (Å²) in [6.07, 6.45) is 4.72. The van der Waals surface area contributed by atoms with E-state index in [0.29, 0.717) is 18.9 Å². The first-order valence-electron chi connectivity index (χ1n) is 11.2. The molecule has 3 N–H and O–H groups in total. The van der Waals surface area contributed by atoms with Crippen molar-refractivity contribution in [2.24, 2.45) is 16.6 Å². The fourth-order valence-corrected chi connectivity index (χ4v) is 4.58. The van der Waals surface area contributed by atoms with Crippen molar-refractivity contribution in [3.63, 3.8) is 0 Å². The molecule has 1 fully saturated rings. The number of nitrogens with two attached hydrogens (primary N) is 1. The SMILES string of the molecule is CN=C(NCc1ccc(-c2ccc3c(c2)CCCO3)cc1)N1CCCC(CC(N)=O)C1. The van der Waals surface area contributed by atoms with Gasteiger partial charge in [0.05, 0.1) is 6.61 Å². The molecule has 1 saturated heterocycles. The van der Waals surface area contributed by atoms with Gasteiger partial charge in [0.25, 0.3) is 0 Å². The van der Waals surface area contributed by atoms with Crippen LogP contribution in [-0.4, -0.2) is 43.5 Å². The highest BCUT2D eigenvalue weighted by atomic mass is 16.5. The van der Waals surface area contributed by atoms with Gasteiger partial charge in [0.2, 0.25) is 5.91 Å². The zero-order chi connectivity index (χ0) is 21.6. The number of carbonyl (C=O) groups is 1. The Morgan fingerprint density at radius 2 is 2.00 bits per heavy atom. The van der Waals surface area contributed by atoms with Crippen molar-refractivity contribution in [3.05, 3.63) is 53.6 Å². The van der Waals surface area contributed by atoms with E-state index in [1.165, 1.54) is 22.3 Å². The fourth-order valence-electron chi connectivity index (χ4n) is 4.58. The minimum atomic E-state index is -0.221. The molecule has 0 aromatic heterocycles. The third-order valence-corrected chi connectivity index (χ3v) is 6.17. The molecule has 0 radical (unpaired) electrons. The lowest BCUT2D eigenvalue weighted by molar-refractivity contribution is -0.119. The molecular formula is C25H32N4O2. The quantitative estimate of drug-likeness (QED) is 0.574. The van der Waals surface area contributed by atoms with Gasteiger partial charge in [0.1, 0.15) is 5.75 Å². The Morgan fingerprint density at radius 3 is 2.77 bits per heavy atom. The number of hydrogen-bond donors (Lipinski definition) is 2. The van der Waals surface area contributed by atoms with Crippen molar-refractivity contribution >= 4 is 11.9 Å². The van der Waals surface area contributed by atoms with E-state index in [1.54, 1.807) is 0 Å². The molecule has 1 unspecified atom stereocenters. The second kappa shape index (κ2) is 9.86. The van der Waals surface area contributed by atoms with Crippen molar-refractivity contribution in [1.82, 2.24) is 10.2 Å². The lowest BCUT2D eigenvalue weighted by Crippen LogP contribution is -2.46. The molecule has 0 aliphatic carbocycles. The van der Waals surface area contributed by atoms with Gasteiger partial charge in [-0.15, -0.1) is 0 Å². The molecule has 31 heavy (non-hydrogen) atoms. The fraction of sp³-hybridized carbons (Fsp3) is 0.440. The van der Waals surface area contributed by atoms with Crippen LogP contribution in [0.3, 0.4) is 0 Å². The zero-order valence-corrected chi connectivity index (χ0v) is 18.3. The summed E-state index contributed by atoms with van der Waals surface area (Å²) in [5, 5.41) is 3.47. The zero-order valence-electron chi connectivity index (χ0n) is 18.3. The van der Waals surface area contributed by atoms with Crippen molar-refractivity contribution in [1.29, 1.82) is 0 Å². The molecule has 6 heteroatoms. The normalized spacial score (nSPS) is 18.8. The maximum atomic E-state index is 11.3. The lowest BCUT2D eigenvalue weighted by Gasteiger charge is -2.34. The van der Waals surface area contributed by atoms with Crippen molar-refractivity contribution < 1.29 is 9.53 Å². The Bertz CT molecular complexity index is 939. The van der Waals surface area contributed by atoms with Crippen LogP contribution in [0.1, 0.15) is 36.8 Å². The van der Waals surface area contributed by atoms with Crippen LogP contribution in [-0.2, 0) is 17.8 Å². The number of guanidine groups is 1. The Labute approximate surface area is 184 Å². The summed E-state index contributed by atoms with van der Waals surface area (Å²) in [5.74, 6) is 2.00. The summed E-state index contributed by atoms with van der Waals surface area (Å²) in [5.41, 5.74) is 10.3. The van der Waals surface area contributed by atoms with Gasteiger partial charge in [-0.3, -0.25) is 9.79 Å². The highest BCUT2D eigenvalue weighted by Crippen LogP contribution is 2.30. The molecule has 164 valence electrons. The second-order valence-corrected chi connectivity index (χ2v) is 8.50. The van der Waals surface area contributed by atoms with E-state index in [0.717, 1.165) is 57.1 Å². The highest BCUT2D eigenvalue weighted by Gasteiger charge is 2.23. The van der Waals surface area contributed by atoms with Gasteiger partial charge < -0.3 is 20.7 Å². The van der Waals surface area contributed by atoms with E-state index in [4.69, 9.17) is 10.5 Å². The van der Waals surface area contributed by atoms with Gasteiger partial charge >= 0.3 is 0 Å². The summed E-state index contributed by atoms with van der Waals surface area (Å²) in [4.78, 5) is 18.0. The number of piperidine rings is 1. The smallest absolute Gasteiger partial charge is 0.217 e. The minimum Gasteiger partial charge on any atom is -0.493 e. The third-order valence-electron chi connectivity index (χ3n) is 6.17. The number of likely N-dealkylation sites (tertiary alicyclic amines) is 1. The van der Waals surface area contributed by atoms with Crippen molar-refractivity contribution in [3.8, 4) is 16.9 Å². The van der Waals surface area contributed by atoms with Gasteiger partial charge in [0.15, 0.2) is 5.96 Å². The van der Waals surface area contributed by atoms with Crippen LogP contribution in [0.25, 0.3) is 11.1 Å². The van der Waals surface area contributed by atoms with E-state index in [2.05, 4.69) is 57.7 Å². The first-order valence-corrected chi connectivity index (χ1v) is 11.2. The summed E-state index contributed by atoms with van der Waals surface area (Å²) in [6, 6.07) is 15.2. The molecule has 2 aliphatic heterocycles. The number of aryl methyl sites for hydroxylation is 1. The molecule has 2 heterocycles. The number of nitrogens with zero attached hydrogens (tertiary/aromatic N) is 2. The summed E-state index contributed by atoms with van der Waals surface area (Å²) < 4.78 is 5.73. The molecule has 2 aromatic carbocycles. The number of carbonyl (C=O) groups excluding carboxylic acids is 1. The van der Waals surface area contributed by atoms with Gasteiger partial charge in [-0.1, -0.05) is 30.3 Å². The molecule has 0 spiro atoms. The third kappa shape index (κ3) is 5.37. The second-order valence-electron chi connectivity index (χ2n) is 8.50. The van der Waals surface area contributed by atoms with Crippen LogP contribution in [0.4, 0.5) is 0 Å². The number of rotatable bonds is 5. The van der Waals surface area contributed by atoms with Crippen molar-refractivity contribution in [2.75, 3.05) is 26.7 Å². The number of benzene rings is 2. The van der Waals surface area contributed by atoms with E-state index < -0.39 is 0 Å². The number of aliphatic imine (C=N–C) groups is 1. The van der Waals surface area contributed by atoms with E-state index in [1.807, 2.05) is 7.05 Å². The topological polar surface area (TPSA) is 80.0 Å². The molecule has 0 bridgehead atoms. The Hall–Kier alpha value is -3.02. The summed E-state index contributed by atoms with van der Waals surface area (Å²) in [7, 11) is 1.81. The summed E-state index contributed by atoms with van der Waals surface area (Å²) >= 11 is 0. The molecule has 1 amide bonds. The predicted octanol–water partition coefficient (Wildman–Crippen LogP) is 3.34. The van der Waals surface area contributed by atoms with Gasteiger partial charge in [-0.25, -0.2) is 0 Å². The highest BCUT2D eigenvalue weighted by molar-refractivity contribution is 5.80. The molecule has 6 nitrogen and oxygen atoms in total. The maximum absolute atomic E-state index is 11.3. The maximum Gasteiger partial charge on any atom is 0.217 e. The van der Waals surface area contributed by atoms with E-state index >= 15 is 0 Å². The Morgan fingerprint density at radius 1 is 1.19 bits per heavy atom. The molecule has 4 rings (SSSR count). The van der Waals surface area contributed by atoms with Crippen LogP contribution in [0.5, 0.6) is 5.75 Å². The van der Waals surface area contributed by atoms with Crippen molar-refractivity contribution in [2.45, 2.75) is 38.6 Å². The number of nitrogens with one attached hydrogen (secondary N) is 1. The predicted molar refractivity (Wildman–Crippen MR) is 124 cm³/mol. The average molecular weight is 421 g/mol. The van der Waals surface area contributed by atoms with Crippen LogP contribution in [0, 0.1) is 5.92 Å². The van der Waals surface area contributed by atoms with Crippen LogP contribution in [0.15, 0.2) is 47.5 Å². The van der Waals surface area contributed by atoms with E-state index in [9.17, 15) is 4.79 Å². The molecule has 2 aliphatic rings. The van der Waals surface area contributed by atoms with Crippen LogP contribution in [0.2, 0.25) is 0 Å². The lowest BCUT2D eigenvalue weighted by atomic mass is 9.95. The molecule has 1 atom stereocenters. The number of fused-ring (bicyclic) bond motifs is 1. The standard InChI is InChI=1S/C25H32N4O2/c1-27-25(29-12-2-4-19(17-29)14-24(26)30)28-16-18-6-8-20(9-7-18)21-10-11-23-22(15-21)5-3-13-31-23/h6-11,15,19H,2-5,12-14,16-17H2,1H3,(H2,26,30)(H,27,28). The van der Waals surface area contributed by atoms with Crippen LogP contribution >= 0.6 is 0 Å². The average Bonchev–Trinajstić information content (AvgIpc) is 2.79. The molecule has 0 saturated carbocycles. The van der Waals surface area contributed by atoms with Gasteiger partial charge in [-0.05, 0) is 66.0 Å². The van der Waals surface area contributed by atoms with Crippen LogP contribution < -0.4 is 15.8 Å². The van der Waals surface area contributed by atoms with Gasteiger partial charge in [0, 0.05) is 33.1 Å². The molecular weight excluding hydrogens is 388 g/mol. The number of amides is 1. The number of ether oxygens (including phenoxy) is 1. The minimum absolute atomic E-state index is 0.221. The Balaban J connectivity index is 1.36. The van der Waals surface area contributed by atoms with E-state index in [-0.39, 0.29) is 5.91 Å². The largest absolute Gasteiger partial charge is 0.493 e. The first kappa shape index (κ1) is 21.2. The first-order chi connectivity index (χ1) is 15.1. The summed E-state index contributed by atoms with van der Waals surface area (Å²) in [6.45, 7) is 3.31.